The number of carboxylic acid groups (broad SMARTS) is 1. The first kappa shape index (κ1) is 13.0. The number of fused-ring (bicyclic) bond motifs is 2. The van der Waals surface area contributed by atoms with Crippen molar-refractivity contribution >= 4 is 22.6 Å². The van der Waals surface area contributed by atoms with Crippen LogP contribution in [-0.2, 0) is 13.0 Å². The van der Waals surface area contributed by atoms with Crippen molar-refractivity contribution in [2.24, 2.45) is 0 Å². The number of carboxylic acids is 1. The van der Waals surface area contributed by atoms with Crippen molar-refractivity contribution in [1.82, 2.24) is 4.98 Å². The molecule has 0 amide bonds. The molecule has 2 N–H and O–H groups in total. The lowest BCUT2D eigenvalue weighted by Gasteiger charge is -2.30. The molecule has 1 aromatic heterocycles. The fourth-order valence-corrected chi connectivity index (χ4v) is 3.15. The predicted molar refractivity (Wildman–Crippen MR) is 86.5 cm³/mol. The second kappa shape index (κ2) is 4.91. The molecule has 4 rings (SSSR count). The van der Waals surface area contributed by atoms with E-state index >= 15 is 0 Å². The van der Waals surface area contributed by atoms with Gasteiger partial charge >= 0.3 is 5.97 Å². The molecular weight excluding hydrogens is 276 g/mol. The molecule has 0 fully saturated rings. The average Bonchev–Trinajstić information content (AvgIpc) is 2.98. The largest absolute Gasteiger partial charge is 0.477 e. The molecule has 0 radical (unpaired) electrons. The third-order valence-electron chi connectivity index (χ3n) is 4.33. The maximum absolute atomic E-state index is 11.1. The van der Waals surface area contributed by atoms with Crippen molar-refractivity contribution in [3.63, 3.8) is 0 Å². The molecule has 0 aliphatic carbocycles. The zero-order valence-electron chi connectivity index (χ0n) is 12.0. The van der Waals surface area contributed by atoms with Gasteiger partial charge < -0.3 is 15.0 Å². The Bertz CT molecular complexity index is 866. The molecule has 1 aliphatic rings. The minimum Gasteiger partial charge on any atom is -0.477 e. The number of hydrogen-bond donors (Lipinski definition) is 2. The van der Waals surface area contributed by atoms with Gasteiger partial charge in [-0.1, -0.05) is 24.3 Å². The highest BCUT2D eigenvalue weighted by Gasteiger charge is 2.17. The van der Waals surface area contributed by atoms with Crippen LogP contribution in [-0.4, -0.2) is 22.6 Å². The summed E-state index contributed by atoms with van der Waals surface area (Å²) in [4.78, 5) is 16.3. The lowest BCUT2D eigenvalue weighted by atomic mass is 9.99. The van der Waals surface area contributed by atoms with E-state index in [1.54, 1.807) is 6.07 Å². The first-order valence-corrected chi connectivity index (χ1v) is 7.38. The number of rotatable bonds is 2. The van der Waals surface area contributed by atoms with Crippen LogP contribution in [0, 0.1) is 0 Å². The monoisotopic (exact) mass is 292 g/mol. The smallest absolute Gasteiger partial charge is 0.352 e. The van der Waals surface area contributed by atoms with Crippen LogP contribution in [0.25, 0.3) is 10.9 Å². The lowest BCUT2D eigenvalue weighted by molar-refractivity contribution is 0.0691. The molecule has 4 heteroatoms. The van der Waals surface area contributed by atoms with Crippen LogP contribution in [0.15, 0.2) is 48.5 Å². The van der Waals surface area contributed by atoms with Gasteiger partial charge in [-0.2, -0.15) is 0 Å². The zero-order valence-corrected chi connectivity index (χ0v) is 12.0. The van der Waals surface area contributed by atoms with Gasteiger partial charge in [-0.25, -0.2) is 4.79 Å². The van der Waals surface area contributed by atoms with Gasteiger partial charge in [-0.3, -0.25) is 0 Å². The standard InChI is InChI=1S/C18H16N2O2/c21-18(22)17-10-14-9-15(5-6-16(14)19-17)20-8-7-12-3-1-2-4-13(12)11-20/h1-6,9-10,19H,7-8,11H2,(H,21,22). The SMILES string of the molecule is O=C(O)c1cc2cc(N3CCc4ccccc4C3)ccc2[nH]1. The number of nitrogens with one attached hydrogen (secondary N) is 1. The molecule has 0 unspecified atom stereocenters. The highest BCUT2D eigenvalue weighted by atomic mass is 16.4. The molecule has 1 aliphatic heterocycles. The van der Waals surface area contributed by atoms with Crippen LogP contribution in [0.2, 0.25) is 0 Å². The Labute approximate surface area is 128 Å². The zero-order chi connectivity index (χ0) is 15.1. The van der Waals surface area contributed by atoms with Crippen molar-refractivity contribution in [2.75, 3.05) is 11.4 Å². The fraction of sp³-hybridized carbons (Fsp3) is 0.167. The van der Waals surface area contributed by atoms with E-state index in [9.17, 15) is 4.79 Å². The van der Waals surface area contributed by atoms with Crippen LogP contribution in [0.4, 0.5) is 5.69 Å². The van der Waals surface area contributed by atoms with Gasteiger partial charge in [-0.15, -0.1) is 0 Å². The Balaban J connectivity index is 1.68. The Morgan fingerprint density at radius 2 is 1.91 bits per heavy atom. The molecule has 3 aromatic rings. The number of aromatic amines is 1. The summed E-state index contributed by atoms with van der Waals surface area (Å²) in [6.07, 6.45) is 1.04. The Morgan fingerprint density at radius 3 is 2.73 bits per heavy atom. The molecule has 110 valence electrons. The summed E-state index contributed by atoms with van der Waals surface area (Å²) in [6.45, 7) is 1.89. The van der Waals surface area contributed by atoms with Gasteiger partial charge in [0.25, 0.3) is 0 Å². The highest BCUT2D eigenvalue weighted by Crippen LogP contribution is 2.27. The van der Waals surface area contributed by atoms with Crippen molar-refractivity contribution < 1.29 is 9.90 Å². The first-order valence-electron chi connectivity index (χ1n) is 7.38. The van der Waals surface area contributed by atoms with E-state index in [0.29, 0.717) is 0 Å². The second-order valence-corrected chi connectivity index (χ2v) is 5.70. The summed E-state index contributed by atoms with van der Waals surface area (Å²) < 4.78 is 0. The van der Waals surface area contributed by atoms with Gasteiger partial charge in [0.15, 0.2) is 0 Å². The molecule has 0 bridgehead atoms. The summed E-state index contributed by atoms with van der Waals surface area (Å²) in [5, 5.41) is 10.0. The molecule has 0 spiro atoms. The van der Waals surface area contributed by atoms with Gasteiger partial charge in [0.2, 0.25) is 0 Å². The molecule has 4 nitrogen and oxygen atoms in total. The number of H-pyrrole nitrogens is 1. The molecule has 0 atom stereocenters. The van der Waals surface area contributed by atoms with E-state index in [1.807, 2.05) is 6.07 Å². The number of carbonyl (C=O) groups is 1. The number of benzene rings is 2. The van der Waals surface area contributed by atoms with Crippen molar-refractivity contribution in [1.29, 1.82) is 0 Å². The van der Waals surface area contributed by atoms with E-state index in [2.05, 4.69) is 46.3 Å². The Kier molecular flexibility index (Phi) is 2.89. The molecule has 0 saturated heterocycles. The van der Waals surface area contributed by atoms with Crippen molar-refractivity contribution in [3.05, 3.63) is 65.4 Å². The summed E-state index contributed by atoms with van der Waals surface area (Å²) in [5.74, 6) is -0.926. The van der Waals surface area contributed by atoms with Gasteiger partial charge in [0, 0.05) is 29.7 Å². The third-order valence-corrected chi connectivity index (χ3v) is 4.33. The van der Waals surface area contributed by atoms with E-state index in [1.165, 1.54) is 11.1 Å². The summed E-state index contributed by atoms with van der Waals surface area (Å²) in [7, 11) is 0. The molecule has 2 aromatic carbocycles. The maximum Gasteiger partial charge on any atom is 0.352 e. The van der Waals surface area contributed by atoms with Gasteiger partial charge in [0.05, 0.1) is 0 Å². The van der Waals surface area contributed by atoms with Crippen molar-refractivity contribution in [3.8, 4) is 0 Å². The van der Waals surface area contributed by atoms with Crippen molar-refractivity contribution in [2.45, 2.75) is 13.0 Å². The van der Waals surface area contributed by atoms with Gasteiger partial charge in [-0.05, 0) is 41.8 Å². The van der Waals surface area contributed by atoms with Gasteiger partial charge in [0.1, 0.15) is 5.69 Å². The topological polar surface area (TPSA) is 56.3 Å². The summed E-state index contributed by atoms with van der Waals surface area (Å²) in [6, 6.07) is 16.3. The Hall–Kier alpha value is -2.75. The minimum absolute atomic E-state index is 0.233. The maximum atomic E-state index is 11.1. The van der Waals surface area contributed by atoms with Crippen LogP contribution < -0.4 is 4.90 Å². The minimum atomic E-state index is -0.926. The third kappa shape index (κ3) is 2.13. The second-order valence-electron chi connectivity index (χ2n) is 5.70. The fourth-order valence-electron chi connectivity index (χ4n) is 3.15. The number of hydrogen-bond acceptors (Lipinski definition) is 2. The van der Waals surface area contributed by atoms with Crippen LogP contribution in [0.3, 0.4) is 0 Å². The highest BCUT2D eigenvalue weighted by molar-refractivity contribution is 5.94. The number of aromatic carboxylic acids is 1. The predicted octanol–water partition coefficient (Wildman–Crippen LogP) is 3.43. The number of nitrogens with zero attached hydrogens (tertiary/aromatic N) is 1. The average molecular weight is 292 g/mol. The summed E-state index contributed by atoms with van der Waals surface area (Å²) >= 11 is 0. The Morgan fingerprint density at radius 1 is 1.09 bits per heavy atom. The normalized spacial score (nSPS) is 14.1. The van der Waals surface area contributed by atoms with E-state index in [4.69, 9.17) is 5.11 Å². The number of aromatic nitrogens is 1. The molecule has 2 heterocycles. The van der Waals surface area contributed by atoms with Crippen LogP contribution in [0.5, 0.6) is 0 Å². The lowest BCUT2D eigenvalue weighted by Crippen LogP contribution is -2.30. The van der Waals surface area contributed by atoms with Crippen LogP contribution in [0.1, 0.15) is 21.6 Å². The first-order chi connectivity index (χ1) is 10.7. The number of anilines is 1. The summed E-state index contributed by atoms with van der Waals surface area (Å²) in [5.41, 5.74) is 5.02. The molecular formula is C18H16N2O2. The van der Waals surface area contributed by atoms with E-state index in [-0.39, 0.29) is 5.69 Å². The quantitative estimate of drug-likeness (QED) is 0.761. The van der Waals surface area contributed by atoms with Crippen LogP contribution >= 0.6 is 0 Å². The van der Waals surface area contributed by atoms with E-state index < -0.39 is 5.97 Å². The van der Waals surface area contributed by atoms with E-state index in [0.717, 1.165) is 36.1 Å². The molecule has 0 saturated carbocycles. The molecule has 22 heavy (non-hydrogen) atoms.